The summed E-state index contributed by atoms with van der Waals surface area (Å²) in [5.41, 5.74) is -0.186. The predicted molar refractivity (Wildman–Crippen MR) is 84.1 cm³/mol. The monoisotopic (exact) mass is 372 g/mol. The summed E-state index contributed by atoms with van der Waals surface area (Å²) < 4.78 is 6.61. The number of thiazole rings is 1. The standard InChI is InChI=1S/C13H13BrN2O4S/c1-13(2,3)20-12(19)16(11(17)18)10-15-9-7(14)5-4-6-8(9)21-10/h4-6H,1-3H3,(H,17,18). The summed E-state index contributed by atoms with van der Waals surface area (Å²) in [5, 5.41) is 9.32. The fourth-order valence-corrected chi connectivity index (χ4v) is 3.11. The van der Waals surface area contributed by atoms with Crippen molar-refractivity contribution in [1.29, 1.82) is 0 Å². The fraction of sp³-hybridized carbons (Fsp3) is 0.308. The second-order valence-corrected chi connectivity index (χ2v) is 7.04. The van der Waals surface area contributed by atoms with Crippen molar-refractivity contribution in [3.05, 3.63) is 22.7 Å². The number of anilines is 1. The molecule has 0 aliphatic rings. The molecule has 6 nitrogen and oxygen atoms in total. The van der Waals surface area contributed by atoms with Crippen LogP contribution in [0, 0.1) is 0 Å². The first-order valence-electron chi connectivity index (χ1n) is 6.00. The van der Waals surface area contributed by atoms with E-state index >= 15 is 0 Å². The number of rotatable bonds is 1. The van der Waals surface area contributed by atoms with E-state index in [2.05, 4.69) is 20.9 Å². The lowest BCUT2D eigenvalue weighted by molar-refractivity contribution is 0.0582. The van der Waals surface area contributed by atoms with Crippen LogP contribution in [0.5, 0.6) is 0 Å². The maximum atomic E-state index is 12.0. The number of halogens is 1. The Bertz CT molecular complexity index is 708. The van der Waals surface area contributed by atoms with Gasteiger partial charge in [-0.3, -0.25) is 0 Å². The number of imide groups is 1. The zero-order chi connectivity index (χ0) is 15.8. The molecule has 0 bridgehead atoms. The molecule has 0 aliphatic heterocycles. The molecule has 1 heterocycles. The molecular formula is C13H13BrN2O4S. The van der Waals surface area contributed by atoms with Gasteiger partial charge in [-0.25, -0.2) is 14.6 Å². The first kappa shape index (κ1) is 15.7. The Hall–Kier alpha value is -1.67. The van der Waals surface area contributed by atoms with Gasteiger partial charge in [-0.1, -0.05) is 17.4 Å². The van der Waals surface area contributed by atoms with Gasteiger partial charge >= 0.3 is 12.2 Å². The molecule has 21 heavy (non-hydrogen) atoms. The Morgan fingerprint density at radius 3 is 2.57 bits per heavy atom. The highest BCUT2D eigenvalue weighted by molar-refractivity contribution is 9.10. The van der Waals surface area contributed by atoms with Crippen LogP contribution in [0.2, 0.25) is 0 Å². The Kier molecular flexibility index (Phi) is 4.20. The lowest BCUT2D eigenvalue weighted by Gasteiger charge is -2.22. The molecule has 1 aromatic carbocycles. The van der Waals surface area contributed by atoms with Crippen LogP contribution in [0.3, 0.4) is 0 Å². The molecule has 0 aliphatic carbocycles. The number of fused-ring (bicyclic) bond motifs is 1. The number of amides is 2. The van der Waals surface area contributed by atoms with Crippen LogP contribution < -0.4 is 4.90 Å². The molecule has 2 aromatic rings. The summed E-state index contributed by atoms with van der Waals surface area (Å²) in [6, 6.07) is 5.41. The second-order valence-electron chi connectivity index (χ2n) is 5.18. The Balaban J connectivity index is 2.44. The summed E-state index contributed by atoms with van der Waals surface area (Å²) in [5.74, 6) is 0. The van der Waals surface area contributed by atoms with E-state index < -0.39 is 17.8 Å². The van der Waals surface area contributed by atoms with E-state index in [1.807, 2.05) is 6.07 Å². The van der Waals surface area contributed by atoms with Gasteiger partial charge in [-0.05, 0) is 48.8 Å². The average molecular weight is 373 g/mol. The van der Waals surface area contributed by atoms with Crippen molar-refractivity contribution in [3.63, 3.8) is 0 Å². The first-order valence-corrected chi connectivity index (χ1v) is 7.61. The Morgan fingerprint density at radius 1 is 1.38 bits per heavy atom. The summed E-state index contributed by atoms with van der Waals surface area (Å²) >= 11 is 4.45. The molecule has 8 heteroatoms. The molecule has 0 atom stereocenters. The SMILES string of the molecule is CC(C)(C)OC(=O)N(C(=O)O)c1nc2c(Br)cccc2s1. The third-order valence-corrected chi connectivity index (χ3v) is 3.96. The van der Waals surface area contributed by atoms with Crippen LogP contribution in [0.25, 0.3) is 10.2 Å². The molecule has 112 valence electrons. The molecule has 1 aromatic heterocycles. The quantitative estimate of drug-likeness (QED) is 0.797. The number of ether oxygens (including phenoxy) is 1. The van der Waals surface area contributed by atoms with Crippen LogP contribution in [-0.2, 0) is 4.74 Å². The summed E-state index contributed by atoms with van der Waals surface area (Å²) in [7, 11) is 0. The van der Waals surface area contributed by atoms with Gasteiger partial charge in [0, 0.05) is 4.47 Å². The molecular weight excluding hydrogens is 360 g/mol. The van der Waals surface area contributed by atoms with Gasteiger partial charge in [-0.2, -0.15) is 4.90 Å². The third-order valence-electron chi connectivity index (χ3n) is 2.32. The van der Waals surface area contributed by atoms with Crippen molar-refractivity contribution in [2.75, 3.05) is 4.90 Å². The maximum Gasteiger partial charge on any atom is 0.426 e. The number of carbonyl (C=O) groups excluding carboxylic acids is 1. The molecule has 0 saturated carbocycles. The molecule has 0 radical (unpaired) electrons. The van der Waals surface area contributed by atoms with Gasteiger partial charge in [-0.15, -0.1) is 0 Å². The van der Waals surface area contributed by atoms with Crippen molar-refractivity contribution >= 4 is 54.8 Å². The number of hydrogen-bond acceptors (Lipinski definition) is 5. The van der Waals surface area contributed by atoms with Crippen LogP contribution in [-0.4, -0.2) is 27.9 Å². The summed E-state index contributed by atoms with van der Waals surface area (Å²) in [6.07, 6.45) is -2.40. The third kappa shape index (κ3) is 3.51. The molecule has 2 amide bonds. The molecule has 0 fully saturated rings. The van der Waals surface area contributed by atoms with Crippen molar-refractivity contribution in [2.24, 2.45) is 0 Å². The number of carbonyl (C=O) groups is 2. The second kappa shape index (κ2) is 5.61. The van der Waals surface area contributed by atoms with Crippen LogP contribution in [0.4, 0.5) is 14.7 Å². The highest BCUT2D eigenvalue weighted by atomic mass is 79.9. The zero-order valence-corrected chi connectivity index (χ0v) is 14.0. The number of benzene rings is 1. The topological polar surface area (TPSA) is 79.7 Å². The molecule has 0 spiro atoms. The number of carboxylic acid groups (broad SMARTS) is 1. The molecule has 1 N–H and O–H groups in total. The van der Waals surface area contributed by atoms with Gasteiger partial charge in [0.15, 0.2) is 0 Å². The fourth-order valence-electron chi connectivity index (χ4n) is 1.54. The van der Waals surface area contributed by atoms with Crippen molar-refractivity contribution in [3.8, 4) is 0 Å². The van der Waals surface area contributed by atoms with Gasteiger partial charge in [0.05, 0.1) is 10.2 Å². The van der Waals surface area contributed by atoms with Crippen LogP contribution in [0.1, 0.15) is 20.8 Å². The molecule has 0 unspecified atom stereocenters. The highest BCUT2D eigenvalue weighted by Gasteiger charge is 2.31. The number of nitrogens with zero attached hydrogens (tertiary/aromatic N) is 2. The van der Waals surface area contributed by atoms with E-state index in [0.29, 0.717) is 10.4 Å². The smallest absolute Gasteiger partial charge is 0.426 e. The van der Waals surface area contributed by atoms with Gasteiger partial charge < -0.3 is 9.84 Å². The first-order chi connectivity index (χ1) is 9.69. The van der Waals surface area contributed by atoms with E-state index in [1.54, 1.807) is 32.9 Å². The van der Waals surface area contributed by atoms with Crippen LogP contribution >= 0.6 is 27.3 Å². The maximum absolute atomic E-state index is 12.0. The minimum atomic E-state index is -1.43. The van der Waals surface area contributed by atoms with E-state index in [-0.39, 0.29) is 5.13 Å². The lowest BCUT2D eigenvalue weighted by atomic mass is 10.2. The van der Waals surface area contributed by atoms with E-state index in [1.165, 1.54) is 0 Å². The van der Waals surface area contributed by atoms with E-state index in [0.717, 1.165) is 20.5 Å². The highest BCUT2D eigenvalue weighted by Crippen LogP contribution is 2.33. The van der Waals surface area contributed by atoms with Gasteiger partial charge in [0.25, 0.3) is 0 Å². The van der Waals surface area contributed by atoms with E-state index in [9.17, 15) is 14.7 Å². The Labute approximate surface area is 133 Å². The normalized spacial score (nSPS) is 11.4. The molecule has 2 rings (SSSR count). The molecule has 0 saturated heterocycles. The summed E-state index contributed by atoms with van der Waals surface area (Å²) in [6.45, 7) is 5.00. The largest absolute Gasteiger partial charge is 0.464 e. The lowest BCUT2D eigenvalue weighted by Crippen LogP contribution is -2.40. The van der Waals surface area contributed by atoms with Crippen molar-refractivity contribution in [2.45, 2.75) is 26.4 Å². The Morgan fingerprint density at radius 2 is 2.05 bits per heavy atom. The average Bonchev–Trinajstić information content (AvgIpc) is 2.70. The number of hydrogen-bond donors (Lipinski definition) is 1. The predicted octanol–water partition coefficient (Wildman–Crippen LogP) is 4.48. The number of aromatic nitrogens is 1. The van der Waals surface area contributed by atoms with E-state index in [4.69, 9.17) is 4.74 Å². The number of para-hydroxylation sites is 1. The summed E-state index contributed by atoms with van der Waals surface area (Å²) in [4.78, 5) is 28.1. The van der Waals surface area contributed by atoms with Gasteiger partial charge in [0.2, 0.25) is 5.13 Å². The van der Waals surface area contributed by atoms with Crippen molar-refractivity contribution < 1.29 is 19.4 Å². The van der Waals surface area contributed by atoms with Crippen LogP contribution in [0.15, 0.2) is 22.7 Å². The zero-order valence-electron chi connectivity index (χ0n) is 11.6. The minimum absolute atomic E-state index is 0.0543. The minimum Gasteiger partial charge on any atom is -0.464 e. The van der Waals surface area contributed by atoms with Crippen molar-refractivity contribution in [1.82, 2.24) is 4.98 Å². The van der Waals surface area contributed by atoms with Gasteiger partial charge in [0.1, 0.15) is 5.60 Å².